The first-order valence-electron chi connectivity index (χ1n) is 6.45. The molecule has 0 fully saturated rings. The lowest BCUT2D eigenvalue weighted by Crippen LogP contribution is -2.31. The van der Waals surface area contributed by atoms with Crippen molar-refractivity contribution in [2.24, 2.45) is 5.92 Å². The minimum Gasteiger partial charge on any atom is -0.478 e. The number of carbonyl (C=O) groups excluding carboxylic acids is 1. The monoisotopic (exact) mass is 264 g/mol. The van der Waals surface area contributed by atoms with Crippen molar-refractivity contribution in [3.8, 4) is 0 Å². The lowest BCUT2D eigenvalue weighted by molar-refractivity contribution is -0.118. The van der Waals surface area contributed by atoms with Crippen LogP contribution < -0.4 is 4.90 Å². The Morgan fingerprint density at radius 2 is 2.05 bits per heavy atom. The fourth-order valence-electron chi connectivity index (χ4n) is 1.69. The summed E-state index contributed by atoms with van der Waals surface area (Å²) in [5.74, 6) is -0.0220. The molecule has 1 amide bonds. The van der Waals surface area contributed by atoms with Gasteiger partial charge in [-0.05, 0) is 31.4 Å². The molecule has 0 aliphatic rings. The molecule has 1 rings (SSSR count). The van der Waals surface area contributed by atoms with Gasteiger partial charge in [-0.15, -0.1) is 0 Å². The van der Waals surface area contributed by atoms with Crippen LogP contribution in [0, 0.1) is 5.92 Å². The maximum atomic E-state index is 12.1. The van der Waals surface area contributed by atoms with E-state index >= 15 is 0 Å². The van der Waals surface area contributed by atoms with Gasteiger partial charge in [-0.2, -0.15) is 0 Å². The summed E-state index contributed by atoms with van der Waals surface area (Å²) >= 11 is 0. The van der Waals surface area contributed by atoms with Crippen molar-refractivity contribution >= 4 is 17.7 Å². The number of aromatic nitrogens is 1. The van der Waals surface area contributed by atoms with E-state index in [2.05, 4.69) is 18.8 Å². The molecule has 1 N–H and O–H groups in total. The average Bonchev–Trinajstić information content (AvgIpc) is 2.37. The zero-order valence-electron chi connectivity index (χ0n) is 11.6. The molecule has 1 heterocycles. The first-order valence-corrected chi connectivity index (χ1v) is 6.45. The molecule has 0 spiro atoms. The van der Waals surface area contributed by atoms with Crippen LogP contribution in [0.3, 0.4) is 0 Å². The number of pyridine rings is 1. The van der Waals surface area contributed by atoms with E-state index in [0.29, 0.717) is 24.7 Å². The highest BCUT2D eigenvalue weighted by atomic mass is 16.4. The van der Waals surface area contributed by atoms with Crippen LogP contribution in [-0.2, 0) is 4.79 Å². The largest absolute Gasteiger partial charge is 0.478 e. The number of carbonyl (C=O) groups is 2. The van der Waals surface area contributed by atoms with Gasteiger partial charge in [-0.3, -0.25) is 9.69 Å². The smallest absolute Gasteiger partial charge is 0.337 e. The van der Waals surface area contributed by atoms with E-state index in [0.717, 1.165) is 6.42 Å². The summed E-state index contributed by atoms with van der Waals surface area (Å²) < 4.78 is 0. The van der Waals surface area contributed by atoms with E-state index in [4.69, 9.17) is 5.11 Å². The summed E-state index contributed by atoms with van der Waals surface area (Å²) in [7, 11) is 0. The fourth-order valence-corrected chi connectivity index (χ4v) is 1.69. The van der Waals surface area contributed by atoms with Crippen molar-refractivity contribution in [2.75, 3.05) is 11.4 Å². The van der Waals surface area contributed by atoms with Gasteiger partial charge in [-0.25, -0.2) is 9.78 Å². The molecule has 0 aromatic carbocycles. The number of carboxylic acid groups (broad SMARTS) is 1. The van der Waals surface area contributed by atoms with Crippen molar-refractivity contribution in [1.82, 2.24) is 4.98 Å². The summed E-state index contributed by atoms with van der Waals surface area (Å²) in [5.41, 5.74) is 0.120. The van der Waals surface area contributed by atoms with E-state index in [1.165, 1.54) is 12.3 Å². The van der Waals surface area contributed by atoms with Crippen LogP contribution in [0.1, 0.15) is 44.0 Å². The van der Waals surface area contributed by atoms with Gasteiger partial charge in [0.15, 0.2) is 0 Å². The van der Waals surface area contributed by atoms with Crippen molar-refractivity contribution in [3.63, 3.8) is 0 Å². The number of anilines is 1. The highest BCUT2D eigenvalue weighted by Gasteiger charge is 2.15. The topological polar surface area (TPSA) is 70.5 Å². The Hall–Kier alpha value is -1.91. The first kappa shape index (κ1) is 15.1. The van der Waals surface area contributed by atoms with Gasteiger partial charge in [0.1, 0.15) is 5.82 Å². The third-order valence-corrected chi connectivity index (χ3v) is 2.82. The Bertz CT molecular complexity index is 441. The molecule has 0 aliphatic carbocycles. The second-order valence-electron chi connectivity index (χ2n) is 4.78. The minimum atomic E-state index is -1.02. The van der Waals surface area contributed by atoms with Crippen LogP contribution in [0.2, 0.25) is 0 Å². The van der Waals surface area contributed by atoms with Crippen molar-refractivity contribution < 1.29 is 14.7 Å². The molecule has 0 saturated heterocycles. The molecule has 19 heavy (non-hydrogen) atoms. The lowest BCUT2D eigenvalue weighted by atomic mass is 10.1. The number of rotatable bonds is 6. The van der Waals surface area contributed by atoms with Crippen LogP contribution >= 0.6 is 0 Å². The minimum absolute atomic E-state index is 0.0202. The standard InChI is InChI=1S/C14H20N2O3/c1-4-16(13(17)8-5-10(2)3)12-7-6-11(9-15-12)14(18)19/h6-7,9-10H,4-5,8H2,1-3H3,(H,18,19). The molecule has 0 atom stereocenters. The maximum Gasteiger partial charge on any atom is 0.337 e. The van der Waals surface area contributed by atoms with Crippen molar-refractivity contribution in [3.05, 3.63) is 23.9 Å². The molecule has 5 nitrogen and oxygen atoms in total. The molecule has 5 heteroatoms. The predicted molar refractivity (Wildman–Crippen MR) is 73.3 cm³/mol. The first-order chi connectivity index (χ1) is 8.95. The van der Waals surface area contributed by atoms with Gasteiger partial charge >= 0.3 is 5.97 Å². The predicted octanol–water partition coefficient (Wildman–Crippen LogP) is 2.57. The zero-order valence-corrected chi connectivity index (χ0v) is 11.6. The number of hydrogen-bond donors (Lipinski definition) is 1. The number of amides is 1. The van der Waals surface area contributed by atoms with Gasteiger partial charge < -0.3 is 5.11 Å². The maximum absolute atomic E-state index is 12.1. The molecule has 0 aliphatic heterocycles. The Labute approximate surface area is 113 Å². The molecule has 1 aromatic rings. The Balaban J connectivity index is 2.79. The van der Waals surface area contributed by atoms with Crippen LogP contribution in [0.25, 0.3) is 0 Å². The summed E-state index contributed by atoms with van der Waals surface area (Å²) in [6, 6.07) is 3.03. The number of hydrogen-bond acceptors (Lipinski definition) is 3. The summed E-state index contributed by atoms with van der Waals surface area (Å²) in [6.07, 6.45) is 2.59. The van der Waals surface area contributed by atoms with Gasteiger partial charge in [0.2, 0.25) is 5.91 Å². The molecule has 0 bridgehead atoms. The van der Waals surface area contributed by atoms with Gasteiger partial charge in [0.25, 0.3) is 0 Å². The van der Waals surface area contributed by atoms with Crippen LogP contribution in [0.5, 0.6) is 0 Å². The molecule has 104 valence electrons. The number of carboxylic acids is 1. The quantitative estimate of drug-likeness (QED) is 0.857. The Morgan fingerprint density at radius 3 is 2.47 bits per heavy atom. The zero-order chi connectivity index (χ0) is 14.4. The molecule has 1 aromatic heterocycles. The average molecular weight is 264 g/mol. The fraction of sp³-hybridized carbons (Fsp3) is 0.500. The second-order valence-corrected chi connectivity index (χ2v) is 4.78. The number of nitrogens with zero attached hydrogens (tertiary/aromatic N) is 2. The summed E-state index contributed by atoms with van der Waals surface area (Å²) in [6.45, 7) is 6.54. The van der Waals surface area contributed by atoms with Gasteiger partial charge in [0, 0.05) is 19.2 Å². The van der Waals surface area contributed by atoms with Crippen molar-refractivity contribution in [1.29, 1.82) is 0 Å². The van der Waals surface area contributed by atoms with Crippen LogP contribution in [-0.4, -0.2) is 28.5 Å². The van der Waals surface area contributed by atoms with E-state index < -0.39 is 5.97 Å². The second kappa shape index (κ2) is 6.87. The summed E-state index contributed by atoms with van der Waals surface area (Å²) in [5, 5.41) is 8.81. The van der Waals surface area contributed by atoms with Gasteiger partial charge in [-0.1, -0.05) is 13.8 Å². The van der Waals surface area contributed by atoms with Crippen molar-refractivity contribution in [2.45, 2.75) is 33.6 Å². The lowest BCUT2D eigenvalue weighted by Gasteiger charge is -2.20. The molecule has 0 radical (unpaired) electrons. The summed E-state index contributed by atoms with van der Waals surface area (Å²) in [4.78, 5) is 28.4. The highest BCUT2D eigenvalue weighted by Crippen LogP contribution is 2.14. The Kier molecular flexibility index (Phi) is 5.48. The molecular formula is C14H20N2O3. The van der Waals surface area contributed by atoms with E-state index in [9.17, 15) is 9.59 Å². The third kappa shape index (κ3) is 4.35. The van der Waals surface area contributed by atoms with Gasteiger partial charge in [0.05, 0.1) is 5.56 Å². The van der Waals surface area contributed by atoms with E-state index in [1.54, 1.807) is 11.0 Å². The molecular weight excluding hydrogens is 244 g/mol. The Morgan fingerprint density at radius 1 is 1.37 bits per heavy atom. The molecule has 0 saturated carbocycles. The normalized spacial score (nSPS) is 10.5. The third-order valence-electron chi connectivity index (χ3n) is 2.82. The van der Waals surface area contributed by atoms with E-state index in [1.807, 2.05) is 6.92 Å². The number of aromatic carboxylic acids is 1. The molecule has 0 unspecified atom stereocenters. The van der Waals surface area contributed by atoms with E-state index in [-0.39, 0.29) is 11.5 Å². The van der Waals surface area contributed by atoms with Crippen LogP contribution in [0.4, 0.5) is 5.82 Å². The SMILES string of the molecule is CCN(C(=O)CCC(C)C)c1ccc(C(=O)O)cn1. The van der Waals surface area contributed by atoms with Crippen LogP contribution in [0.15, 0.2) is 18.3 Å². The highest BCUT2D eigenvalue weighted by molar-refractivity contribution is 5.93.